The SMILES string of the molecule is COc1ccc(S(=O)(=O)N2C[C@H]3C[C@@H]4[C@@H](c5cccc2c53)[C@@H](O)[C@H](C)CN4C)cc1. The van der Waals surface area contributed by atoms with Crippen molar-refractivity contribution in [3.63, 3.8) is 0 Å². The molecule has 0 spiro atoms. The van der Waals surface area contributed by atoms with E-state index >= 15 is 0 Å². The number of nitrogens with zero attached hydrogens (tertiary/aromatic N) is 2. The van der Waals surface area contributed by atoms with Crippen molar-refractivity contribution < 1.29 is 18.3 Å². The van der Waals surface area contributed by atoms with Gasteiger partial charge in [0.2, 0.25) is 0 Å². The normalized spacial score (nSPS) is 30.7. The average Bonchev–Trinajstić information content (AvgIpc) is 3.13. The van der Waals surface area contributed by atoms with E-state index in [-0.39, 0.29) is 28.7 Å². The molecule has 0 unspecified atom stereocenters. The molecule has 0 amide bonds. The van der Waals surface area contributed by atoms with Crippen LogP contribution in [-0.2, 0) is 10.0 Å². The number of aliphatic hydroxyl groups excluding tert-OH is 1. The predicted molar refractivity (Wildman–Crippen MR) is 116 cm³/mol. The first kappa shape index (κ1) is 19.8. The number of fused-ring (bicyclic) bond motifs is 2. The molecule has 2 aliphatic heterocycles. The third-order valence-electron chi connectivity index (χ3n) is 7.22. The smallest absolute Gasteiger partial charge is 0.264 e. The van der Waals surface area contributed by atoms with E-state index in [1.807, 2.05) is 12.1 Å². The molecule has 2 aromatic carbocycles. The Hall–Kier alpha value is -2.09. The van der Waals surface area contributed by atoms with Crippen LogP contribution in [0.4, 0.5) is 5.69 Å². The number of aliphatic hydroxyl groups is 1. The summed E-state index contributed by atoms with van der Waals surface area (Å²) >= 11 is 0. The van der Waals surface area contributed by atoms with Gasteiger partial charge >= 0.3 is 0 Å². The van der Waals surface area contributed by atoms with Gasteiger partial charge in [0.1, 0.15) is 5.75 Å². The zero-order valence-corrected chi connectivity index (χ0v) is 18.3. The van der Waals surface area contributed by atoms with Crippen LogP contribution in [0.2, 0.25) is 0 Å². The Morgan fingerprint density at radius 2 is 1.83 bits per heavy atom. The number of hydrogen-bond acceptors (Lipinski definition) is 5. The molecule has 1 fully saturated rings. The molecule has 0 bridgehead atoms. The minimum absolute atomic E-state index is 0.0218. The van der Waals surface area contributed by atoms with E-state index in [4.69, 9.17) is 4.74 Å². The van der Waals surface area contributed by atoms with Crippen LogP contribution >= 0.6 is 0 Å². The lowest BCUT2D eigenvalue weighted by molar-refractivity contribution is -0.0188. The summed E-state index contributed by atoms with van der Waals surface area (Å²) in [5.74, 6) is 0.982. The second kappa shape index (κ2) is 6.97. The van der Waals surface area contributed by atoms with E-state index in [1.165, 1.54) is 0 Å². The number of anilines is 1. The molecule has 5 rings (SSSR count). The van der Waals surface area contributed by atoms with E-state index in [2.05, 4.69) is 24.9 Å². The Balaban J connectivity index is 1.58. The number of likely N-dealkylation sites (N-methyl/N-ethyl adjacent to an activating group) is 1. The summed E-state index contributed by atoms with van der Waals surface area (Å²) in [5.41, 5.74) is 2.99. The first-order valence-corrected chi connectivity index (χ1v) is 11.9. The van der Waals surface area contributed by atoms with Gasteiger partial charge in [-0.3, -0.25) is 4.31 Å². The molecule has 2 aromatic rings. The lowest BCUT2D eigenvalue weighted by atomic mass is 9.67. The van der Waals surface area contributed by atoms with Gasteiger partial charge in [0.05, 0.1) is 23.8 Å². The monoisotopic (exact) mass is 428 g/mol. The molecule has 7 heteroatoms. The Kier molecular flexibility index (Phi) is 4.61. The van der Waals surface area contributed by atoms with Gasteiger partial charge in [0.25, 0.3) is 10.0 Å². The maximum atomic E-state index is 13.5. The van der Waals surface area contributed by atoms with Crippen molar-refractivity contribution >= 4 is 15.7 Å². The summed E-state index contributed by atoms with van der Waals surface area (Å²) in [6.45, 7) is 3.40. The number of sulfonamides is 1. The van der Waals surface area contributed by atoms with E-state index < -0.39 is 16.1 Å². The second-order valence-corrected chi connectivity index (χ2v) is 10.8. The predicted octanol–water partition coefficient (Wildman–Crippen LogP) is 2.79. The average molecular weight is 429 g/mol. The molecule has 0 saturated carbocycles. The fourth-order valence-electron chi connectivity index (χ4n) is 5.77. The maximum absolute atomic E-state index is 13.5. The van der Waals surface area contributed by atoms with Gasteiger partial charge < -0.3 is 14.7 Å². The molecule has 3 aliphatic rings. The number of methoxy groups -OCH3 is 1. The van der Waals surface area contributed by atoms with Crippen molar-refractivity contribution in [3.05, 3.63) is 53.6 Å². The number of benzene rings is 2. The van der Waals surface area contributed by atoms with Gasteiger partial charge in [0.15, 0.2) is 0 Å². The Morgan fingerprint density at radius 1 is 1.10 bits per heavy atom. The molecule has 30 heavy (non-hydrogen) atoms. The van der Waals surface area contributed by atoms with Gasteiger partial charge in [-0.25, -0.2) is 8.42 Å². The molecule has 1 N–H and O–H groups in total. The summed E-state index contributed by atoms with van der Waals surface area (Å²) < 4.78 is 33.8. The summed E-state index contributed by atoms with van der Waals surface area (Å²) in [6, 6.07) is 12.7. The number of ether oxygens (including phenoxy) is 1. The summed E-state index contributed by atoms with van der Waals surface area (Å²) in [5, 5.41) is 11.0. The van der Waals surface area contributed by atoms with Gasteiger partial charge in [-0.05, 0) is 60.8 Å². The maximum Gasteiger partial charge on any atom is 0.264 e. The van der Waals surface area contributed by atoms with Crippen molar-refractivity contribution in [1.82, 2.24) is 4.90 Å². The number of rotatable bonds is 3. The molecule has 0 radical (unpaired) electrons. The molecule has 1 saturated heterocycles. The first-order valence-electron chi connectivity index (χ1n) is 10.5. The van der Waals surface area contributed by atoms with Gasteiger partial charge in [-0.2, -0.15) is 0 Å². The Labute approximate surface area is 178 Å². The minimum atomic E-state index is -3.68. The second-order valence-electron chi connectivity index (χ2n) is 8.92. The van der Waals surface area contributed by atoms with Crippen molar-refractivity contribution in [1.29, 1.82) is 0 Å². The van der Waals surface area contributed by atoms with Crippen molar-refractivity contribution in [2.75, 3.05) is 31.6 Å². The molecule has 160 valence electrons. The zero-order valence-electron chi connectivity index (χ0n) is 17.5. The number of piperidine rings is 1. The molecule has 6 nitrogen and oxygen atoms in total. The van der Waals surface area contributed by atoms with Crippen LogP contribution in [0.25, 0.3) is 0 Å². The fraction of sp³-hybridized carbons (Fsp3) is 0.478. The lowest BCUT2D eigenvalue weighted by Crippen LogP contribution is -2.54. The largest absolute Gasteiger partial charge is 0.497 e. The van der Waals surface area contributed by atoms with Crippen LogP contribution < -0.4 is 9.04 Å². The number of hydrogen-bond donors (Lipinski definition) is 1. The molecule has 5 atom stereocenters. The van der Waals surface area contributed by atoms with E-state index in [9.17, 15) is 13.5 Å². The van der Waals surface area contributed by atoms with Crippen LogP contribution in [0.15, 0.2) is 47.4 Å². The van der Waals surface area contributed by atoms with Crippen molar-refractivity contribution in [3.8, 4) is 5.75 Å². The van der Waals surface area contributed by atoms with Gasteiger partial charge in [-0.15, -0.1) is 0 Å². The van der Waals surface area contributed by atoms with Crippen LogP contribution in [0.3, 0.4) is 0 Å². The van der Waals surface area contributed by atoms with Gasteiger partial charge in [-0.1, -0.05) is 19.1 Å². The van der Waals surface area contributed by atoms with Crippen molar-refractivity contribution in [2.24, 2.45) is 5.92 Å². The molecular weight excluding hydrogens is 400 g/mol. The van der Waals surface area contributed by atoms with E-state index in [1.54, 1.807) is 35.7 Å². The highest BCUT2D eigenvalue weighted by Crippen LogP contribution is 2.53. The van der Waals surface area contributed by atoms with E-state index in [0.717, 1.165) is 29.8 Å². The Bertz CT molecular complexity index is 1070. The first-order chi connectivity index (χ1) is 14.3. The zero-order chi connectivity index (χ0) is 21.2. The highest BCUT2D eigenvalue weighted by atomic mass is 32.2. The summed E-state index contributed by atoms with van der Waals surface area (Å²) in [6.07, 6.45) is 0.453. The summed E-state index contributed by atoms with van der Waals surface area (Å²) in [4.78, 5) is 2.61. The van der Waals surface area contributed by atoms with Gasteiger partial charge in [0, 0.05) is 31.0 Å². The van der Waals surface area contributed by atoms with Crippen LogP contribution in [0.1, 0.15) is 36.3 Å². The van der Waals surface area contributed by atoms with Crippen molar-refractivity contribution in [2.45, 2.75) is 42.2 Å². The molecule has 1 aliphatic carbocycles. The van der Waals surface area contributed by atoms with Crippen LogP contribution in [-0.4, -0.2) is 57.8 Å². The van der Waals surface area contributed by atoms with Crippen LogP contribution in [0, 0.1) is 5.92 Å². The third-order valence-corrected chi connectivity index (χ3v) is 9.01. The summed E-state index contributed by atoms with van der Waals surface area (Å²) in [7, 11) is 0.00582. The standard InChI is InChI=1S/C23H28N2O4S/c1-14-12-24(2)20-11-15-13-25(30(27,28)17-9-7-16(29-3)8-10-17)19-6-4-5-18(21(15)19)22(20)23(14)26/h4-10,14-15,20,22-23,26H,11-13H2,1-3H3/t14-,15-,20-,22-,23+/m1/s1. The third kappa shape index (κ3) is 2.79. The number of likely N-dealkylation sites (tertiary alicyclic amines) is 1. The molecule has 0 aromatic heterocycles. The topological polar surface area (TPSA) is 70.1 Å². The highest BCUT2D eigenvalue weighted by Gasteiger charge is 2.50. The molecular formula is C23H28N2O4S. The van der Waals surface area contributed by atoms with E-state index in [0.29, 0.717) is 12.3 Å². The lowest BCUT2D eigenvalue weighted by Gasteiger charge is -2.49. The molecule has 2 heterocycles. The quantitative estimate of drug-likeness (QED) is 0.814. The van der Waals surface area contributed by atoms with Crippen LogP contribution in [0.5, 0.6) is 5.75 Å². The highest BCUT2D eigenvalue weighted by molar-refractivity contribution is 7.92. The fourth-order valence-corrected chi connectivity index (χ4v) is 7.30. The Morgan fingerprint density at radius 3 is 2.53 bits per heavy atom. The minimum Gasteiger partial charge on any atom is -0.497 e.